The number of rotatable bonds is 6. The van der Waals surface area contributed by atoms with E-state index in [1.54, 1.807) is 0 Å². The van der Waals surface area contributed by atoms with Crippen molar-refractivity contribution in [2.45, 2.75) is 25.4 Å². The maximum absolute atomic E-state index is 11.1. The number of morpholine rings is 1. The molecule has 1 aliphatic rings. The fourth-order valence-corrected chi connectivity index (χ4v) is 2.62. The fourth-order valence-electron chi connectivity index (χ4n) is 2.49. The topological polar surface area (TPSA) is 38.8 Å². The fraction of sp³-hybridized carbons (Fsp3) is 0.562. The summed E-state index contributed by atoms with van der Waals surface area (Å²) in [5, 5.41) is 0.745. The van der Waals surface area contributed by atoms with Crippen LogP contribution in [0.5, 0.6) is 0 Å². The summed E-state index contributed by atoms with van der Waals surface area (Å²) in [4.78, 5) is 13.4. The molecule has 0 radical (unpaired) electrons. The molecular weight excluding hydrogens is 290 g/mol. The third-order valence-corrected chi connectivity index (χ3v) is 3.98. The third kappa shape index (κ3) is 5.30. The van der Waals surface area contributed by atoms with E-state index in [1.165, 1.54) is 12.7 Å². The van der Waals surface area contributed by atoms with Crippen LogP contribution in [-0.4, -0.2) is 44.2 Å². The van der Waals surface area contributed by atoms with Gasteiger partial charge >= 0.3 is 5.97 Å². The molecule has 0 bridgehead atoms. The van der Waals surface area contributed by atoms with Crippen molar-refractivity contribution in [3.05, 3.63) is 34.9 Å². The van der Waals surface area contributed by atoms with Crippen molar-refractivity contribution in [1.29, 1.82) is 0 Å². The summed E-state index contributed by atoms with van der Waals surface area (Å²) in [5.74, 6) is -0.129. The molecule has 0 aromatic heterocycles. The molecule has 0 spiro atoms. The number of hydrogen-bond acceptors (Lipinski definition) is 4. The van der Waals surface area contributed by atoms with Crippen LogP contribution >= 0.6 is 11.6 Å². The van der Waals surface area contributed by atoms with Crippen LogP contribution < -0.4 is 0 Å². The van der Waals surface area contributed by atoms with Gasteiger partial charge in [0.15, 0.2) is 0 Å². The molecule has 0 saturated carbocycles. The largest absolute Gasteiger partial charge is 0.469 e. The van der Waals surface area contributed by atoms with Gasteiger partial charge in [0.25, 0.3) is 0 Å². The molecule has 0 amide bonds. The van der Waals surface area contributed by atoms with E-state index in [1.807, 2.05) is 24.3 Å². The number of nitrogens with zero attached hydrogens (tertiary/aromatic N) is 1. The Labute approximate surface area is 131 Å². The Balaban J connectivity index is 1.75. The second-order valence-corrected chi connectivity index (χ2v) is 5.68. The lowest BCUT2D eigenvalue weighted by Gasteiger charge is -2.33. The summed E-state index contributed by atoms with van der Waals surface area (Å²) in [6, 6.07) is 7.84. The number of esters is 1. The summed E-state index contributed by atoms with van der Waals surface area (Å²) in [6.07, 6.45) is 2.48. The van der Waals surface area contributed by atoms with Crippen LogP contribution in [0.1, 0.15) is 30.9 Å². The molecule has 1 aliphatic heterocycles. The molecule has 1 saturated heterocycles. The van der Waals surface area contributed by atoms with Crippen molar-refractivity contribution in [3.8, 4) is 0 Å². The van der Waals surface area contributed by atoms with Gasteiger partial charge in [0, 0.05) is 24.5 Å². The zero-order chi connectivity index (χ0) is 15.1. The first-order valence-electron chi connectivity index (χ1n) is 7.35. The van der Waals surface area contributed by atoms with Crippen molar-refractivity contribution in [1.82, 2.24) is 4.90 Å². The normalized spacial score (nSPS) is 19.4. The number of ether oxygens (including phenoxy) is 2. The molecule has 1 unspecified atom stereocenters. The predicted molar refractivity (Wildman–Crippen MR) is 82.5 cm³/mol. The molecule has 1 fully saturated rings. The van der Waals surface area contributed by atoms with Crippen LogP contribution in [0.2, 0.25) is 5.02 Å². The van der Waals surface area contributed by atoms with Crippen molar-refractivity contribution in [2.24, 2.45) is 0 Å². The Morgan fingerprint density at radius 1 is 1.38 bits per heavy atom. The monoisotopic (exact) mass is 311 g/mol. The number of hydrogen-bond donors (Lipinski definition) is 0. The second kappa shape index (κ2) is 8.37. The number of benzene rings is 1. The highest BCUT2D eigenvalue weighted by Crippen LogP contribution is 2.23. The first-order chi connectivity index (χ1) is 10.2. The number of carbonyl (C=O) groups excluding carboxylic acids is 1. The quantitative estimate of drug-likeness (QED) is 0.598. The molecule has 2 rings (SSSR count). The highest BCUT2D eigenvalue weighted by molar-refractivity contribution is 6.30. The minimum absolute atomic E-state index is 0.108. The van der Waals surface area contributed by atoms with E-state index in [0.717, 1.165) is 44.1 Å². The van der Waals surface area contributed by atoms with Gasteiger partial charge in [-0.15, -0.1) is 0 Å². The Morgan fingerprint density at radius 3 is 2.86 bits per heavy atom. The number of halogens is 1. The van der Waals surface area contributed by atoms with Crippen molar-refractivity contribution in [2.75, 3.05) is 33.4 Å². The van der Waals surface area contributed by atoms with Crippen molar-refractivity contribution >= 4 is 17.6 Å². The molecule has 1 heterocycles. The minimum Gasteiger partial charge on any atom is -0.469 e. The Bertz CT molecular complexity index is 449. The highest BCUT2D eigenvalue weighted by Gasteiger charge is 2.21. The SMILES string of the molecule is COC(=O)CCCCN1CCOC(c2ccc(Cl)cc2)C1. The maximum atomic E-state index is 11.1. The average Bonchev–Trinajstić information content (AvgIpc) is 2.52. The maximum Gasteiger partial charge on any atom is 0.305 e. The standard InChI is InChI=1S/C16H22ClNO3/c1-20-16(19)4-2-3-9-18-10-11-21-15(12-18)13-5-7-14(17)8-6-13/h5-8,15H,2-4,9-12H2,1H3. The summed E-state index contributed by atoms with van der Waals surface area (Å²) in [5.41, 5.74) is 1.17. The zero-order valence-corrected chi connectivity index (χ0v) is 13.1. The van der Waals surface area contributed by atoms with Gasteiger partial charge in [-0.2, -0.15) is 0 Å². The van der Waals surface area contributed by atoms with Gasteiger partial charge in [0.05, 0.1) is 19.8 Å². The lowest BCUT2D eigenvalue weighted by atomic mass is 10.1. The number of methoxy groups -OCH3 is 1. The van der Waals surface area contributed by atoms with Gasteiger partial charge < -0.3 is 9.47 Å². The first kappa shape index (κ1) is 16.3. The van der Waals surface area contributed by atoms with Gasteiger partial charge in [0.1, 0.15) is 0 Å². The van der Waals surface area contributed by atoms with Crippen LogP contribution in [0.15, 0.2) is 24.3 Å². The van der Waals surface area contributed by atoms with Crippen molar-refractivity contribution < 1.29 is 14.3 Å². The number of unbranched alkanes of at least 4 members (excludes halogenated alkanes) is 1. The molecule has 4 nitrogen and oxygen atoms in total. The van der Waals surface area contributed by atoms with E-state index < -0.39 is 0 Å². The van der Waals surface area contributed by atoms with Crippen LogP contribution in [-0.2, 0) is 14.3 Å². The van der Waals surface area contributed by atoms with E-state index >= 15 is 0 Å². The third-order valence-electron chi connectivity index (χ3n) is 3.73. The van der Waals surface area contributed by atoms with Gasteiger partial charge in [-0.25, -0.2) is 0 Å². The van der Waals surface area contributed by atoms with Gasteiger partial charge in [0.2, 0.25) is 0 Å². The molecule has 116 valence electrons. The van der Waals surface area contributed by atoms with Gasteiger partial charge in [-0.1, -0.05) is 23.7 Å². The molecule has 1 aromatic rings. The Morgan fingerprint density at radius 2 is 2.14 bits per heavy atom. The van der Waals surface area contributed by atoms with E-state index in [-0.39, 0.29) is 12.1 Å². The highest BCUT2D eigenvalue weighted by atomic mass is 35.5. The van der Waals surface area contributed by atoms with Gasteiger partial charge in [-0.05, 0) is 37.1 Å². The lowest BCUT2D eigenvalue weighted by Crippen LogP contribution is -2.38. The average molecular weight is 312 g/mol. The van der Waals surface area contributed by atoms with E-state index in [9.17, 15) is 4.79 Å². The molecule has 1 atom stereocenters. The lowest BCUT2D eigenvalue weighted by molar-refractivity contribution is -0.140. The Kier molecular flexibility index (Phi) is 6.49. The Hall–Kier alpha value is -1.10. The summed E-state index contributed by atoms with van der Waals surface area (Å²) < 4.78 is 10.5. The molecule has 1 aromatic carbocycles. The van der Waals surface area contributed by atoms with Crippen LogP contribution in [0, 0.1) is 0 Å². The number of carbonyl (C=O) groups is 1. The smallest absolute Gasteiger partial charge is 0.305 e. The van der Waals surface area contributed by atoms with Gasteiger partial charge in [-0.3, -0.25) is 9.69 Å². The van der Waals surface area contributed by atoms with E-state index in [2.05, 4.69) is 9.64 Å². The first-order valence-corrected chi connectivity index (χ1v) is 7.73. The van der Waals surface area contributed by atoms with E-state index in [4.69, 9.17) is 16.3 Å². The molecule has 21 heavy (non-hydrogen) atoms. The van der Waals surface area contributed by atoms with Crippen LogP contribution in [0.3, 0.4) is 0 Å². The molecular formula is C16H22ClNO3. The predicted octanol–water partition coefficient (Wildman–Crippen LogP) is 3.06. The zero-order valence-electron chi connectivity index (χ0n) is 12.4. The minimum atomic E-state index is -0.129. The summed E-state index contributed by atoms with van der Waals surface area (Å²) >= 11 is 5.91. The molecule has 5 heteroatoms. The molecule has 0 N–H and O–H groups in total. The van der Waals surface area contributed by atoms with Crippen LogP contribution in [0.4, 0.5) is 0 Å². The van der Waals surface area contributed by atoms with Crippen LogP contribution in [0.25, 0.3) is 0 Å². The second-order valence-electron chi connectivity index (χ2n) is 5.24. The summed E-state index contributed by atoms with van der Waals surface area (Å²) in [6.45, 7) is 3.57. The van der Waals surface area contributed by atoms with Crippen molar-refractivity contribution in [3.63, 3.8) is 0 Å². The summed E-state index contributed by atoms with van der Waals surface area (Å²) in [7, 11) is 1.43. The molecule has 0 aliphatic carbocycles. The van der Waals surface area contributed by atoms with E-state index in [0.29, 0.717) is 6.42 Å².